The zero-order chi connectivity index (χ0) is 19.5. The van der Waals surface area contributed by atoms with E-state index in [9.17, 15) is 4.79 Å². The first kappa shape index (κ1) is 18.7. The van der Waals surface area contributed by atoms with E-state index < -0.39 is 0 Å². The maximum absolute atomic E-state index is 13.2. The van der Waals surface area contributed by atoms with E-state index in [0.717, 1.165) is 28.5 Å². The Morgan fingerprint density at radius 3 is 2.82 bits per heavy atom. The molecule has 0 spiro atoms. The fourth-order valence-corrected chi connectivity index (χ4v) is 3.63. The first-order valence-corrected chi connectivity index (χ1v) is 9.56. The summed E-state index contributed by atoms with van der Waals surface area (Å²) in [4.78, 5) is 21.1. The van der Waals surface area contributed by atoms with Crippen LogP contribution >= 0.6 is 0 Å². The number of fused-ring (bicyclic) bond motifs is 1. The molecule has 1 fully saturated rings. The second-order valence-electron chi connectivity index (χ2n) is 7.47. The standard InChI is InChI=1S/C22H25N3O3/c1-24(2)14-19-18-5-3-4-6-20(18)28-21(19)22(26)25-12-9-17(13-25)27-15-16-7-10-23-11-8-16/h3-8,10-11,17H,9,12-15H2,1-2H3. The van der Waals surface area contributed by atoms with Crippen molar-refractivity contribution < 1.29 is 13.9 Å². The van der Waals surface area contributed by atoms with Crippen molar-refractivity contribution in [2.45, 2.75) is 25.7 Å². The van der Waals surface area contributed by atoms with Gasteiger partial charge in [-0.3, -0.25) is 9.78 Å². The van der Waals surface area contributed by atoms with Crippen LogP contribution in [0.1, 0.15) is 28.1 Å². The number of benzene rings is 1. The molecule has 1 atom stereocenters. The van der Waals surface area contributed by atoms with E-state index in [1.54, 1.807) is 12.4 Å². The summed E-state index contributed by atoms with van der Waals surface area (Å²) >= 11 is 0. The first-order valence-electron chi connectivity index (χ1n) is 9.56. The maximum Gasteiger partial charge on any atom is 0.290 e. The highest BCUT2D eigenvalue weighted by molar-refractivity contribution is 5.99. The Balaban J connectivity index is 1.47. The van der Waals surface area contributed by atoms with E-state index in [1.165, 1.54) is 0 Å². The number of nitrogens with zero attached hydrogens (tertiary/aromatic N) is 3. The van der Waals surface area contributed by atoms with E-state index in [0.29, 0.717) is 32.0 Å². The lowest BCUT2D eigenvalue weighted by Gasteiger charge is -2.17. The quantitative estimate of drug-likeness (QED) is 0.658. The molecule has 6 heteroatoms. The van der Waals surface area contributed by atoms with Crippen LogP contribution in [0.3, 0.4) is 0 Å². The number of carbonyl (C=O) groups excluding carboxylic acids is 1. The second kappa shape index (κ2) is 8.12. The zero-order valence-corrected chi connectivity index (χ0v) is 16.3. The van der Waals surface area contributed by atoms with Crippen LogP contribution in [0.25, 0.3) is 11.0 Å². The van der Waals surface area contributed by atoms with Crippen LogP contribution in [-0.2, 0) is 17.9 Å². The summed E-state index contributed by atoms with van der Waals surface area (Å²) < 4.78 is 12.0. The molecule has 0 saturated carbocycles. The summed E-state index contributed by atoms with van der Waals surface area (Å²) in [6.07, 6.45) is 4.40. The van der Waals surface area contributed by atoms with Gasteiger partial charge in [-0.25, -0.2) is 0 Å². The molecule has 1 amide bonds. The molecule has 2 aromatic heterocycles. The number of hydrogen-bond donors (Lipinski definition) is 0. The number of aromatic nitrogens is 1. The highest BCUT2D eigenvalue weighted by Gasteiger charge is 2.31. The molecule has 3 heterocycles. The lowest BCUT2D eigenvalue weighted by Crippen LogP contribution is -2.31. The van der Waals surface area contributed by atoms with Gasteiger partial charge in [-0.15, -0.1) is 0 Å². The highest BCUT2D eigenvalue weighted by Crippen LogP contribution is 2.29. The van der Waals surface area contributed by atoms with Gasteiger partial charge in [0.25, 0.3) is 5.91 Å². The van der Waals surface area contributed by atoms with Gasteiger partial charge in [0.1, 0.15) is 5.58 Å². The zero-order valence-electron chi connectivity index (χ0n) is 16.3. The van der Waals surface area contributed by atoms with E-state index in [-0.39, 0.29) is 12.0 Å². The van der Waals surface area contributed by atoms with Gasteiger partial charge in [-0.05, 0) is 44.3 Å². The predicted molar refractivity (Wildman–Crippen MR) is 107 cm³/mol. The van der Waals surface area contributed by atoms with Gasteiger partial charge in [0.05, 0.1) is 12.7 Å². The number of rotatable bonds is 6. The van der Waals surface area contributed by atoms with E-state index in [4.69, 9.17) is 9.15 Å². The molecule has 1 aliphatic heterocycles. The van der Waals surface area contributed by atoms with E-state index in [2.05, 4.69) is 9.88 Å². The summed E-state index contributed by atoms with van der Waals surface area (Å²) in [5, 5.41) is 1.00. The van der Waals surface area contributed by atoms with Crippen molar-refractivity contribution in [2.24, 2.45) is 0 Å². The number of hydrogen-bond acceptors (Lipinski definition) is 5. The number of likely N-dealkylation sites (tertiary alicyclic amines) is 1. The van der Waals surface area contributed by atoms with Gasteiger partial charge in [0.15, 0.2) is 5.76 Å². The molecule has 28 heavy (non-hydrogen) atoms. The Morgan fingerprint density at radius 2 is 2.04 bits per heavy atom. The topological polar surface area (TPSA) is 58.8 Å². The molecule has 4 rings (SSSR count). The first-order chi connectivity index (χ1) is 13.6. The van der Waals surface area contributed by atoms with Gasteiger partial charge < -0.3 is 19.0 Å². The van der Waals surface area contributed by atoms with Crippen molar-refractivity contribution >= 4 is 16.9 Å². The third-order valence-electron chi connectivity index (χ3n) is 5.03. The fourth-order valence-electron chi connectivity index (χ4n) is 3.63. The second-order valence-corrected chi connectivity index (χ2v) is 7.47. The van der Waals surface area contributed by atoms with Crippen LogP contribution in [-0.4, -0.2) is 54.0 Å². The molecule has 0 bridgehead atoms. The molecule has 1 aromatic carbocycles. The SMILES string of the molecule is CN(C)Cc1c(C(=O)N2CCC(OCc3ccncc3)C2)oc2ccccc12. The number of carbonyl (C=O) groups is 1. The van der Waals surface area contributed by atoms with Gasteiger partial charge >= 0.3 is 0 Å². The number of pyridine rings is 1. The van der Waals surface area contributed by atoms with Crippen LogP contribution < -0.4 is 0 Å². The van der Waals surface area contributed by atoms with Crippen LogP contribution in [0, 0.1) is 0 Å². The fraction of sp³-hybridized carbons (Fsp3) is 0.364. The summed E-state index contributed by atoms with van der Waals surface area (Å²) in [5.41, 5.74) is 2.80. The highest BCUT2D eigenvalue weighted by atomic mass is 16.5. The Labute approximate surface area is 164 Å². The van der Waals surface area contributed by atoms with Crippen LogP contribution in [0.4, 0.5) is 0 Å². The lowest BCUT2D eigenvalue weighted by atomic mass is 10.1. The molecule has 3 aromatic rings. The van der Waals surface area contributed by atoms with Crippen LogP contribution in [0.5, 0.6) is 0 Å². The van der Waals surface area contributed by atoms with Crippen LogP contribution in [0.15, 0.2) is 53.2 Å². The normalized spacial score (nSPS) is 17.0. The molecule has 146 valence electrons. The summed E-state index contributed by atoms with van der Waals surface area (Å²) in [5.74, 6) is 0.396. The monoisotopic (exact) mass is 379 g/mol. The van der Waals surface area contributed by atoms with Crippen molar-refractivity contribution in [3.8, 4) is 0 Å². The molecular weight excluding hydrogens is 354 g/mol. The Kier molecular flexibility index (Phi) is 5.41. The Morgan fingerprint density at radius 1 is 1.25 bits per heavy atom. The number of ether oxygens (including phenoxy) is 1. The third kappa shape index (κ3) is 3.93. The summed E-state index contributed by atoms with van der Waals surface area (Å²) in [6, 6.07) is 11.7. The minimum Gasteiger partial charge on any atom is -0.451 e. The van der Waals surface area contributed by atoms with Crippen molar-refractivity contribution in [1.29, 1.82) is 0 Å². The van der Waals surface area contributed by atoms with Gasteiger partial charge in [-0.2, -0.15) is 0 Å². The summed E-state index contributed by atoms with van der Waals surface area (Å²) in [7, 11) is 3.99. The number of amides is 1. The molecule has 0 N–H and O–H groups in total. The third-order valence-corrected chi connectivity index (χ3v) is 5.03. The summed E-state index contributed by atoms with van der Waals surface area (Å²) in [6.45, 7) is 2.46. The van der Waals surface area contributed by atoms with E-state index >= 15 is 0 Å². The van der Waals surface area contributed by atoms with Gasteiger partial charge in [-0.1, -0.05) is 18.2 Å². The van der Waals surface area contributed by atoms with Gasteiger partial charge in [0, 0.05) is 43.0 Å². The molecule has 1 unspecified atom stereocenters. The van der Waals surface area contributed by atoms with Crippen molar-refractivity contribution in [3.05, 3.63) is 65.7 Å². The molecule has 1 saturated heterocycles. The molecule has 1 aliphatic rings. The predicted octanol–water partition coefficient (Wildman–Crippen LogP) is 3.32. The Bertz CT molecular complexity index is 952. The molecule has 0 aliphatic carbocycles. The molecule has 0 radical (unpaired) electrons. The van der Waals surface area contributed by atoms with Crippen molar-refractivity contribution in [1.82, 2.24) is 14.8 Å². The number of furan rings is 1. The maximum atomic E-state index is 13.2. The average molecular weight is 379 g/mol. The minimum absolute atomic E-state index is 0.0405. The average Bonchev–Trinajstić information content (AvgIpc) is 3.32. The molecule has 6 nitrogen and oxygen atoms in total. The van der Waals surface area contributed by atoms with E-state index in [1.807, 2.05) is 55.4 Å². The smallest absolute Gasteiger partial charge is 0.290 e. The minimum atomic E-state index is -0.0527. The van der Waals surface area contributed by atoms with Crippen molar-refractivity contribution in [2.75, 3.05) is 27.2 Å². The Hall–Kier alpha value is -2.70. The largest absolute Gasteiger partial charge is 0.451 e. The van der Waals surface area contributed by atoms with Crippen molar-refractivity contribution in [3.63, 3.8) is 0 Å². The lowest BCUT2D eigenvalue weighted by molar-refractivity contribution is 0.0430. The number of para-hydroxylation sites is 1. The van der Waals surface area contributed by atoms with Crippen LogP contribution in [0.2, 0.25) is 0 Å². The van der Waals surface area contributed by atoms with Gasteiger partial charge in [0.2, 0.25) is 0 Å². The molecular formula is C22H25N3O3.